The van der Waals surface area contributed by atoms with Gasteiger partial charge >= 0.3 is 0 Å². The molecule has 0 aliphatic carbocycles. The summed E-state index contributed by atoms with van der Waals surface area (Å²) in [6, 6.07) is 10.5. The number of aromatic nitrogens is 1. The maximum Gasteiger partial charge on any atom is 0.240 e. The van der Waals surface area contributed by atoms with Crippen LogP contribution in [-0.4, -0.2) is 20.4 Å². The van der Waals surface area contributed by atoms with E-state index in [2.05, 4.69) is 15.0 Å². The number of hydrogen-bond acceptors (Lipinski definition) is 4. The standard InChI is InChI=1S/C13H15N3O2S/c1-14-19(17,18)13-6-4-12(5-7-13)16-10-11-3-2-8-15-9-11/h2-9,14,16H,10H2,1H3. The summed E-state index contributed by atoms with van der Waals surface area (Å²) < 4.78 is 25.4. The van der Waals surface area contributed by atoms with Gasteiger partial charge in [0.2, 0.25) is 10.0 Å². The molecule has 0 amide bonds. The lowest BCUT2D eigenvalue weighted by molar-refractivity contribution is 0.588. The van der Waals surface area contributed by atoms with Crippen molar-refractivity contribution in [3.8, 4) is 0 Å². The first-order valence-electron chi connectivity index (χ1n) is 5.78. The summed E-state index contributed by atoms with van der Waals surface area (Å²) in [5.41, 5.74) is 1.92. The molecule has 0 fully saturated rings. The summed E-state index contributed by atoms with van der Waals surface area (Å²) in [6.07, 6.45) is 3.51. The van der Waals surface area contributed by atoms with Crippen molar-refractivity contribution in [2.75, 3.05) is 12.4 Å². The molecule has 1 aromatic carbocycles. The number of hydrogen-bond donors (Lipinski definition) is 2. The van der Waals surface area contributed by atoms with Crippen LogP contribution in [0, 0.1) is 0 Å². The number of nitrogens with one attached hydrogen (secondary N) is 2. The summed E-state index contributed by atoms with van der Waals surface area (Å²) in [5, 5.41) is 3.20. The minimum absolute atomic E-state index is 0.252. The van der Waals surface area contributed by atoms with Gasteiger partial charge in [0, 0.05) is 24.6 Å². The fourth-order valence-electron chi connectivity index (χ4n) is 1.58. The summed E-state index contributed by atoms with van der Waals surface area (Å²) in [7, 11) is -1.98. The molecule has 2 aromatic rings. The maximum atomic E-state index is 11.6. The molecule has 0 radical (unpaired) electrons. The van der Waals surface area contributed by atoms with Crippen LogP contribution in [0.4, 0.5) is 5.69 Å². The molecule has 5 nitrogen and oxygen atoms in total. The van der Waals surface area contributed by atoms with Crippen LogP contribution >= 0.6 is 0 Å². The monoisotopic (exact) mass is 277 g/mol. The Morgan fingerprint density at radius 2 is 1.89 bits per heavy atom. The number of nitrogens with zero attached hydrogens (tertiary/aromatic N) is 1. The first-order valence-corrected chi connectivity index (χ1v) is 7.26. The molecule has 0 aliphatic heterocycles. The predicted molar refractivity (Wildman–Crippen MR) is 74.3 cm³/mol. The maximum absolute atomic E-state index is 11.6. The van der Waals surface area contributed by atoms with Crippen LogP contribution in [0.3, 0.4) is 0 Å². The van der Waals surface area contributed by atoms with Crippen LogP contribution in [0.5, 0.6) is 0 Å². The van der Waals surface area contributed by atoms with E-state index in [1.54, 1.807) is 36.7 Å². The Kier molecular flexibility index (Phi) is 4.13. The summed E-state index contributed by atoms with van der Waals surface area (Å²) in [5.74, 6) is 0. The van der Waals surface area contributed by atoms with E-state index in [-0.39, 0.29) is 4.90 Å². The van der Waals surface area contributed by atoms with E-state index in [1.807, 2.05) is 12.1 Å². The lowest BCUT2D eigenvalue weighted by Gasteiger charge is -2.07. The minimum Gasteiger partial charge on any atom is -0.381 e. The largest absolute Gasteiger partial charge is 0.381 e. The second kappa shape index (κ2) is 5.81. The van der Waals surface area contributed by atoms with Crippen molar-refractivity contribution in [1.82, 2.24) is 9.71 Å². The Morgan fingerprint density at radius 3 is 2.47 bits per heavy atom. The zero-order valence-electron chi connectivity index (χ0n) is 10.5. The van der Waals surface area contributed by atoms with Crippen LogP contribution in [0.2, 0.25) is 0 Å². The molecule has 6 heteroatoms. The third-order valence-electron chi connectivity index (χ3n) is 2.65. The Bertz CT molecular complexity index is 625. The van der Waals surface area contributed by atoms with E-state index in [4.69, 9.17) is 0 Å². The topological polar surface area (TPSA) is 71.1 Å². The van der Waals surface area contributed by atoms with E-state index in [0.717, 1.165) is 11.3 Å². The Morgan fingerprint density at radius 1 is 1.16 bits per heavy atom. The normalized spacial score (nSPS) is 11.2. The summed E-state index contributed by atoms with van der Waals surface area (Å²) in [4.78, 5) is 4.28. The smallest absolute Gasteiger partial charge is 0.240 e. The van der Waals surface area contributed by atoms with Gasteiger partial charge in [-0.05, 0) is 42.9 Å². The average Bonchev–Trinajstić information content (AvgIpc) is 2.47. The highest BCUT2D eigenvalue weighted by atomic mass is 32.2. The van der Waals surface area contributed by atoms with Gasteiger partial charge in [0.15, 0.2) is 0 Å². The highest BCUT2D eigenvalue weighted by Gasteiger charge is 2.09. The highest BCUT2D eigenvalue weighted by molar-refractivity contribution is 7.89. The zero-order chi connectivity index (χ0) is 13.7. The summed E-state index contributed by atoms with van der Waals surface area (Å²) >= 11 is 0. The number of benzene rings is 1. The zero-order valence-corrected chi connectivity index (χ0v) is 11.3. The van der Waals surface area contributed by atoms with Crippen molar-refractivity contribution in [1.29, 1.82) is 0 Å². The van der Waals surface area contributed by atoms with Gasteiger partial charge in [-0.15, -0.1) is 0 Å². The van der Waals surface area contributed by atoms with Crippen LogP contribution in [0.15, 0.2) is 53.7 Å². The lowest BCUT2D eigenvalue weighted by atomic mass is 10.2. The van der Waals surface area contributed by atoms with Crippen LogP contribution in [0.25, 0.3) is 0 Å². The SMILES string of the molecule is CNS(=O)(=O)c1ccc(NCc2cccnc2)cc1. The van der Waals surface area contributed by atoms with E-state index < -0.39 is 10.0 Å². The van der Waals surface area contributed by atoms with Crippen molar-refractivity contribution in [3.05, 3.63) is 54.4 Å². The van der Waals surface area contributed by atoms with Crippen molar-refractivity contribution < 1.29 is 8.42 Å². The molecule has 0 spiro atoms. The number of sulfonamides is 1. The minimum atomic E-state index is -3.37. The Labute approximate surface area is 112 Å². The molecule has 19 heavy (non-hydrogen) atoms. The van der Waals surface area contributed by atoms with Crippen molar-refractivity contribution in [3.63, 3.8) is 0 Å². The predicted octanol–water partition coefficient (Wildman–Crippen LogP) is 1.60. The molecule has 1 aromatic heterocycles. The molecule has 0 unspecified atom stereocenters. The van der Waals surface area contributed by atoms with Gasteiger partial charge in [-0.3, -0.25) is 4.98 Å². The average molecular weight is 277 g/mol. The van der Waals surface area contributed by atoms with Crippen LogP contribution < -0.4 is 10.0 Å². The number of anilines is 1. The van der Waals surface area contributed by atoms with E-state index in [0.29, 0.717) is 6.54 Å². The van der Waals surface area contributed by atoms with E-state index in [9.17, 15) is 8.42 Å². The van der Waals surface area contributed by atoms with Gasteiger partial charge in [0.05, 0.1) is 4.90 Å². The fourth-order valence-corrected chi connectivity index (χ4v) is 2.31. The Balaban J connectivity index is 2.04. The Hall–Kier alpha value is -1.92. The van der Waals surface area contributed by atoms with Gasteiger partial charge in [0.25, 0.3) is 0 Å². The van der Waals surface area contributed by atoms with Gasteiger partial charge in [-0.25, -0.2) is 13.1 Å². The van der Waals surface area contributed by atoms with Gasteiger partial charge in [-0.1, -0.05) is 6.07 Å². The fraction of sp³-hybridized carbons (Fsp3) is 0.154. The quantitative estimate of drug-likeness (QED) is 0.871. The number of pyridine rings is 1. The van der Waals surface area contributed by atoms with Gasteiger partial charge in [-0.2, -0.15) is 0 Å². The molecule has 100 valence electrons. The molecule has 1 heterocycles. The molecule has 0 bridgehead atoms. The lowest BCUT2D eigenvalue weighted by Crippen LogP contribution is -2.18. The van der Waals surface area contributed by atoms with E-state index in [1.165, 1.54) is 7.05 Å². The first-order chi connectivity index (χ1) is 9.12. The molecule has 0 saturated carbocycles. The van der Waals surface area contributed by atoms with Crippen LogP contribution in [-0.2, 0) is 16.6 Å². The van der Waals surface area contributed by atoms with Crippen LogP contribution in [0.1, 0.15) is 5.56 Å². The second-order valence-corrected chi connectivity index (χ2v) is 5.83. The molecule has 2 rings (SSSR count). The van der Waals surface area contributed by atoms with Crippen molar-refractivity contribution >= 4 is 15.7 Å². The summed E-state index contributed by atoms with van der Waals surface area (Å²) in [6.45, 7) is 0.645. The third kappa shape index (κ3) is 3.52. The molecule has 0 saturated heterocycles. The van der Waals surface area contributed by atoms with Gasteiger partial charge in [0.1, 0.15) is 0 Å². The third-order valence-corrected chi connectivity index (χ3v) is 4.08. The molecular weight excluding hydrogens is 262 g/mol. The molecular formula is C13H15N3O2S. The highest BCUT2D eigenvalue weighted by Crippen LogP contribution is 2.14. The van der Waals surface area contributed by atoms with Crippen molar-refractivity contribution in [2.24, 2.45) is 0 Å². The molecule has 2 N–H and O–H groups in total. The molecule has 0 atom stereocenters. The van der Waals surface area contributed by atoms with E-state index >= 15 is 0 Å². The number of rotatable bonds is 5. The van der Waals surface area contributed by atoms with Gasteiger partial charge < -0.3 is 5.32 Å². The first kappa shape index (κ1) is 13.5. The van der Waals surface area contributed by atoms with Crippen molar-refractivity contribution in [2.45, 2.75) is 11.4 Å². The second-order valence-electron chi connectivity index (χ2n) is 3.95. The molecule has 0 aliphatic rings.